The molecule has 0 fully saturated rings. The summed E-state index contributed by atoms with van der Waals surface area (Å²) in [5, 5.41) is 6.63. The van der Waals surface area contributed by atoms with Crippen molar-refractivity contribution in [2.75, 3.05) is 0 Å². The maximum Gasteiger partial charge on any atom is 0.236 e. The van der Waals surface area contributed by atoms with Gasteiger partial charge in [-0.2, -0.15) is 0 Å². The van der Waals surface area contributed by atoms with Crippen molar-refractivity contribution in [3.05, 3.63) is 45.9 Å². The smallest absolute Gasteiger partial charge is 0.236 e. The first-order valence-corrected chi connectivity index (χ1v) is 5.57. The number of H-pyrrole nitrogens is 1. The summed E-state index contributed by atoms with van der Waals surface area (Å²) in [7, 11) is 0. The fourth-order valence-corrected chi connectivity index (χ4v) is 1.68. The quantitative estimate of drug-likeness (QED) is 0.868. The molecule has 0 amide bonds. The summed E-state index contributed by atoms with van der Waals surface area (Å²) < 4.78 is 18.8. The lowest BCUT2D eigenvalue weighted by Crippen LogP contribution is -2.00. The van der Waals surface area contributed by atoms with E-state index in [-0.39, 0.29) is 18.1 Å². The van der Waals surface area contributed by atoms with E-state index >= 15 is 0 Å². The number of nitrogens with one attached hydrogen (secondary N) is 1. The molecule has 18 heavy (non-hydrogen) atoms. The Kier molecular flexibility index (Phi) is 3.62. The first-order valence-electron chi connectivity index (χ1n) is 5.19. The largest absolute Gasteiger partial charge is 0.471 e. The molecular weight excluding hydrogens is 259 g/mol. The van der Waals surface area contributed by atoms with Crippen molar-refractivity contribution < 1.29 is 13.9 Å². The number of aromatic amines is 1. The molecular formula is C12H10ClFN2O2. The van der Waals surface area contributed by atoms with Gasteiger partial charge in [0, 0.05) is 11.1 Å². The molecule has 0 unspecified atom stereocenters. The van der Waals surface area contributed by atoms with Crippen LogP contribution in [0, 0.1) is 12.7 Å². The summed E-state index contributed by atoms with van der Waals surface area (Å²) in [4.78, 5) is 10.6. The van der Waals surface area contributed by atoms with E-state index in [1.165, 1.54) is 12.1 Å². The van der Waals surface area contributed by atoms with Gasteiger partial charge in [0.2, 0.25) is 5.88 Å². The van der Waals surface area contributed by atoms with E-state index in [0.717, 1.165) is 0 Å². The van der Waals surface area contributed by atoms with Crippen LogP contribution >= 0.6 is 11.6 Å². The van der Waals surface area contributed by atoms with Crippen LogP contribution in [-0.2, 0) is 6.61 Å². The Morgan fingerprint density at radius 3 is 2.94 bits per heavy atom. The van der Waals surface area contributed by atoms with Gasteiger partial charge in [0.05, 0.1) is 5.02 Å². The van der Waals surface area contributed by atoms with Crippen LogP contribution in [0.1, 0.15) is 21.6 Å². The normalized spacial score (nSPS) is 10.4. The van der Waals surface area contributed by atoms with Crippen molar-refractivity contribution in [2.45, 2.75) is 13.5 Å². The van der Waals surface area contributed by atoms with Gasteiger partial charge in [-0.3, -0.25) is 9.89 Å². The van der Waals surface area contributed by atoms with Crippen LogP contribution in [-0.4, -0.2) is 16.5 Å². The number of hydrogen-bond acceptors (Lipinski definition) is 3. The molecule has 94 valence electrons. The van der Waals surface area contributed by atoms with Crippen LogP contribution in [0.2, 0.25) is 5.02 Å². The Balaban J connectivity index is 2.16. The standard InChI is InChI=1S/C12H10ClFN2O2/c1-7-11(5-17)15-16-12(7)18-6-8-9(13)3-2-4-10(8)14/h2-5H,6H2,1H3,(H,15,16). The second-order valence-corrected chi connectivity index (χ2v) is 4.08. The molecule has 1 aromatic heterocycles. The van der Waals surface area contributed by atoms with Gasteiger partial charge < -0.3 is 4.74 Å². The first kappa shape index (κ1) is 12.6. The number of hydrogen-bond donors (Lipinski definition) is 1. The Morgan fingerprint density at radius 1 is 1.56 bits per heavy atom. The van der Waals surface area contributed by atoms with Crippen LogP contribution in [0.5, 0.6) is 5.88 Å². The predicted octanol–water partition coefficient (Wildman–Crippen LogP) is 2.90. The predicted molar refractivity (Wildman–Crippen MR) is 64.5 cm³/mol. The van der Waals surface area contributed by atoms with E-state index in [1.807, 2.05) is 0 Å². The number of carbonyl (C=O) groups excluding carboxylic acids is 1. The van der Waals surface area contributed by atoms with Gasteiger partial charge in [-0.1, -0.05) is 17.7 Å². The molecule has 0 atom stereocenters. The number of benzene rings is 1. The lowest BCUT2D eigenvalue weighted by atomic mass is 10.2. The number of halogens is 2. The van der Waals surface area contributed by atoms with Crippen LogP contribution in [0.3, 0.4) is 0 Å². The molecule has 1 heterocycles. The molecule has 2 aromatic rings. The van der Waals surface area contributed by atoms with E-state index in [0.29, 0.717) is 22.6 Å². The van der Waals surface area contributed by atoms with Crippen LogP contribution in [0.25, 0.3) is 0 Å². The molecule has 0 spiro atoms. The zero-order valence-corrected chi connectivity index (χ0v) is 10.3. The van der Waals surface area contributed by atoms with Crippen LogP contribution < -0.4 is 4.74 Å². The van der Waals surface area contributed by atoms with E-state index in [1.54, 1.807) is 13.0 Å². The fourth-order valence-electron chi connectivity index (χ4n) is 1.46. The van der Waals surface area contributed by atoms with E-state index < -0.39 is 5.82 Å². The molecule has 0 aliphatic rings. The molecule has 1 N–H and O–H groups in total. The number of rotatable bonds is 4. The summed E-state index contributed by atoms with van der Waals surface area (Å²) in [6.45, 7) is 1.64. The number of carbonyl (C=O) groups is 1. The van der Waals surface area contributed by atoms with Crippen molar-refractivity contribution in [2.24, 2.45) is 0 Å². The molecule has 0 saturated heterocycles. The lowest BCUT2D eigenvalue weighted by Gasteiger charge is -2.07. The maximum atomic E-state index is 13.5. The summed E-state index contributed by atoms with van der Waals surface area (Å²) in [6.07, 6.45) is 0.644. The minimum Gasteiger partial charge on any atom is -0.471 e. The minimum atomic E-state index is -0.439. The first-order chi connectivity index (χ1) is 8.63. The minimum absolute atomic E-state index is 0.0461. The summed E-state index contributed by atoms with van der Waals surface area (Å²) in [5.41, 5.74) is 1.18. The summed E-state index contributed by atoms with van der Waals surface area (Å²) in [6, 6.07) is 4.40. The number of ether oxygens (including phenoxy) is 1. The van der Waals surface area contributed by atoms with Crippen LogP contribution in [0.4, 0.5) is 4.39 Å². The highest BCUT2D eigenvalue weighted by Crippen LogP contribution is 2.22. The SMILES string of the molecule is Cc1c(OCc2c(F)cccc2Cl)n[nH]c1C=O. The van der Waals surface area contributed by atoms with Gasteiger partial charge in [-0.15, -0.1) is 5.10 Å². The number of nitrogens with zero attached hydrogens (tertiary/aromatic N) is 1. The average Bonchev–Trinajstić information content (AvgIpc) is 2.70. The number of aldehydes is 1. The molecule has 0 saturated carbocycles. The highest BCUT2D eigenvalue weighted by atomic mass is 35.5. The third-order valence-corrected chi connectivity index (χ3v) is 2.89. The highest BCUT2D eigenvalue weighted by molar-refractivity contribution is 6.31. The lowest BCUT2D eigenvalue weighted by molar-refractivity contribution is 0.111. The van der Waals surface area contributed by atoms with Gasteiger partial charge in [-0.25, -0.2) is 4.39 Å². The second-order valence-electron chi connectivity index (χ2n) is 3.67. The molecule has 4 nitrogen and oxygen atoms in total. The molecule has 0 aliphatic heterocycles. The van der Waals surface area contributed by atoms with Crippen molar-refractivity contribution in [3.8, 4) is 5.88 Å². The fraction of sp³-hybridized carbons (Fsp3) is 0.167. The molecule has 0 aliphatic carbocycles. The third-order valence-electron chi connectivity index (χ3n) is 2.54. The zero-order chi connectivity index (χ0) is 13.1. The van der Waals surface area contributed by atoms with Crippen molar-refractivity contribution in [1.82, 2.24) is 10.2 Å². The average molecular weight is 269 g/mol. The van der Waals surface area contributed by atoms with Crippen LogP contribution in [0.15, 0.2) is 18.2 Å². The van der Waals surface area contributed by atoms with Crippen molar-refractivity contribution >= 4 is 17.9 Å². The molecule has 6 heteroatoms. The Hall–Kier alpha value is -1.88. The molecule has 0 radical (unpaired) electrons. The summed E-state index contributed by atoms with van der Waals surface area (Å²) >= 11 is 5.86. The van der Waals surface area contributed by atoms with Gasteiger partial charge in [0.15, 0.2) is 6.29 Å². The highest BCUT2D eigenvalue weighted by Gasteiger charge is 2.12. The van der Waals surface area contributed by atoms with Gasteiger partial charge in [0.25, 0.3) is 0 Å². The van der Waals surface area contributed by atoms with Crippen molar-refractivity contribution in [1.29, 1.82) is 0 Å². The third kappa shape index (κ3) is 2.36. The molecule has 0 bridgehead atoms. The Morgan fingerprint density at radius 2 is 2.33 bits per heavy atom. The monoisotopic (exact) mass is 268 g/mol. The molecule has 2 rings (SSSR count). The number of aromatic nitrogens is 2. The Labute approximate surface area is 108 Å². The Bertz CT molecular complexity index is 563. The van der Waals surface area contributed by atoms with E-state index in [2.05, 4.69) is 10.2 Å². The van der Waals surface area contributed by atoms with Crippen molar-refractivity contribution in [3.63, 3.8) is 0 Å². The second kappa shape index (κ2) is 5.18. The van der Waals surface area contributed by atoms with Gasteiger partial charge in [0.1, 0.15) is 18.1 Å². The van der Waals surface area contributed by atoms with E-state index in [9.17, 15) is 9.18 Å². The van der Waals surface area contributed by atoms with E-state index in [4.69, 9.17) is 16.3 Å². The topological polar surface area (TPSA) is 55.0 Å². The van der Waals surface area contributed by atoms with Gasteiger partial charge in [-0.05, 0) is 19.1 Å². The van der Waals surface area contributed by atoms with Gasteiger partial charge >= 0.3 is 0 Å². The maximum absolute atomic E-state index is 13.5. The summed E-state index contributed by atoms with van der Waals surface area (Å²) in [5.74, 6) is -0.178. The molecule has 1 aromatic carbocycles. The zero-order valence-electron chi connectivity index (χ0n) is 9.54.